The van der Waals surface area contributed by atoms with Crippen LogP contribution >= 0.6 is 0 Å². The molecule has 0 unspecified atom stereocenters. The van der Waals surface area contributed by atoms with Crippen molar-refractivity contribution in [1.82, 2.24) is 14.7 Å². The molecule has 0 bridgehead atoms. The van der Waals surface area contributed by atoms with Crippen LogP contribution in [0.2, 0.25) is 0 Å². The number of carbonyl (C=O) groups excluding carboxylic acids is 1. The highest BCUT2D eigenvalue weighted by molar-refractivity contribution is 5.92. The first kappa shape index (κ1) is 14.6. The molecule has 0 aliphatic carbocycles. The molecule has 22 heavy (non-hydrogen) atoms. The standard InChI is InChI=1S/C16H19N3O3/c1-11-9-15(16(21)18-8-7-13(20)10-18)17-19(11)12-3-5-14(22-2)6-4-12/h3-6,9,13,20H,7-8,10H2,1-2H3/t13-/m1/s1. The van der Waals surface area contributed by atoms with E-state index in [-0.39, 0.29) is 5.91 Å². The maximum atomic E-state index is 12.4. The van der Waals surface area contributed by atoms with Gasteiger partial charge >= 0.3 is 0 Å². The number of amides is 1. The number of methoxy groups -OCH3 is 1. The molecule has 0 radical (unpaired) electrons. The Balaban J connectivity index is 1.85. The van der Waals surface area contributed by atoms with E-state index in [1.807, 2.05) is 31.2 Å². The summed E-state index contributed by atoms with van der Waals surface area (Å²) in [5, 5.41) is 14.0. The highest BCUT2D eigenvalue weighted by Crippen LogP contribution is 2.18. The van der Waals surface area contributed by atoms with E-state index in [9.17, 15) is 9.90 Å². The second-order valence-corrected chi connectivity index (χ2v) is 5.47. The summed E-state index contributed by atoms with van der Waals surface area (Å²) in [6, 6.07) is 9.28. The van der Waals surface area contributed by atoms with Crippen molar-refractivity contribution in [2.45, 2.75) is 19.4 Å². The number of aliphatic hydroxyl groups is 1. The van der Waals surface area contributed by atoms with E-state index >= 15 is 0 Å². The molecule has 1 aliphatic rings. The normalized spacial score (nSPS) is 17.8. The topological polar surface area (TPSA) is 67.6 Å². The molecule has 1 amide bonds. The van der Waals surface area contributed by atoms with Crippen LogP contribution in [0, 0.1) is 6.92 Å². The molecule has 1 saturated heterocycles. The number of likely N-dealkylation sites (tertiary alicyclic amines) is 1. The number of benzene rings is 1. The Bertz CT molecular complexity index is 678. The van der Waals surface area contributed by atoms with Crippen molar-refractivity contribution in [3.63, 3.8) is 0 Å². The van der Waals surface area contributed by atoms with Crippen molar-refractivity contribution in [3.05, 3.63) is 41.7 Å². The van der Waals surface area contributed by atoms with Gasteiger partial charge in [0.2, 0.25) is 0 Å². The predicted molar refractivity (Wildman–Crippen MR) is 81.4 cm³/mol. The summed E-state index contributed by atoms with van der Waals surface area (Å²) in [5.41, 5.74) is 2.16. The van der Waals surface area contributed by atoms with Gasteiger partial charge in [0.1, 0.15) is 5.75 Å². The Morgan fingerprint density at radius 1 is 1.36 bits per heavy atom. The summed E-state index contributed by atoms with van der Waals surface area (Å²) in [5.74, 6) is 0.642. The van der Waals surface area contributed by atoms with Crippen LogP contribution in [0.15, 0.2) is 30.3 Å². The molecule has 1 aromatic carbocycles. The molecule has 1 aromatic heterocycles. The molecule has 1 fully saturated rings. The summed E-state index contributed by atoms with van der Waals surface area (Å²) in [7, 11) is 1.62. The zero-order valence-corrected chi connectivity index (χ0v) is 12.7. The minimum Gasteiger partial charge on any atom is -0.497 e. The van der Waals surface area contributed by atoms with Crippen molar-refractivity contribution in [2.24, 2.45) is 0 Å². The lowest BCUT2D eigenvalue weighted by molar-refractivity contribution is 0.0758. The fourth-order valence-corrected chi connectivity index (χ4v) is 2.65. The third-order valence-corrected chi connectivity index (χ3v) is 3.87. The SMILES string of the molecule is COc1ccc(-n2nc(C(=O)N3CC[C@@H](O)C3)cc2C)cc1. The minimum absolute atomic E-state index is 0.132. The van der Waals surface area contributed by atoms with Gasteiger partial charge in [0.05, 0.1) is 18.9 Å². The quantitative estimate of drug-likeness (QED) is 0.930. The number of rotatable bonds is 3. The van der Waals surface area contributed by atoms with Crippen LogP contribution in [-0.4, -0.2) is 52.0 Å². The molecule has 2 heterocycles. The van der Waals surface area contributed by atoms with E-state index in [0.717, 1.165) is 17.1 Å². The van der Waals surface area contributed by atoms with Gasteiger partial charge in [-0.3, -0.25) is 4.79 Å². The third kappa shape index (κ3) is 2.69. The summed E-state index contributed by atoms with van der Waals surface area (Å²) >= 11 is 0. The van der Waals surface area contributed by atoms with E-state index in [1.54, 1.807) is 22.8 Å². The van der Waals surface area contributed by atoms with Crippen molar-refractivity contribution in [2.75, 3.05) is 20.2 Å². The number of aliphatic hydroxyl groups excluding tert-OH is 1. The Hall–Kier alpha value is -2.34. The average Bonchev–Trinajstić information content (AvgIpc) is 3.13. The average molecular weight is 301 g/mol. The van der Waals surface area contributed by atoms with E-state index < -0.39 is 6.10 Å². The van der Waals surface area contributed by atoms with Crippen LogP contribution < -0.4 is 4.74 Å². The zero-order chi connectivity index (χ0) is 15.7. The van der Waals surface area contributed by atoms with Gasteiger partial charge in [-0.05, 0) is 43.7 Å². The second-order valence-electron chi connectivity index (χ2n) is 5.47. The lowest BCUT2D eigenvalue weighted by atomic mass is 10.3. The lowest BCUT2D eigenvalue weighted by Gasteiger charge is -2.13. The van der Waals surface area contributed by atoms with Crippen LogP contribution in [0.4, 0.5) is 0 Å². The Kier molecular flexibility index (Phi) is 3.85. The first-order chi connectivity index (χ1) is 10.6. The Morgan fingerprint density at radius 3 is 2.68 bits per heavy atom. The maximum Gasteiger partial charge on any atom is 0.274 e. The van der Waals surface area contributed by atoms with Gasteiger partial charge in [0.25, 0.3) is 5.91 Å². The van der Waals surface area contributed by atoms with Crippen molar-refractivity contribution < 1.29 is 14.6 Å². The zero-order valence-electron chi connectivity index (χ0n) is 12.7. The number of aryl methyl sites for hydroxylation is 1. The fourth-order valence-electron chi connectivity index (χ4n) is 2.65. The molecule has 0 saturated carbocycles. The van der Waals surface area contributed by atoms with Crippen LogP contribution in [-0.2, 0) is 0 Å². The highest BCUT2D eigenvalue weighted by Gasteiger charge is 2.27. The first-order valence-corrected chi connectivity index (χ1v) is 7.27. The molecule has 1 N–H and O–H groups in total. The Morgan fingerprint density at radius 2 is 2.09 bits per heavy atom. The van der Waals surface area contributed by atoms with E-state index in [0.29, 0.717) is 25.2 Å². The van der Waals surface area contributed by atoms with Gasteiger partial charge in [-0.15, -0.1) is 0 Å². The Labute approximate surface area is 128 Å². The lowest BCUT2D eigenvalue weighted by Crippen LogP contribution is -2.29. The number of nitrogens with zero attached hydrogens (tertiary/aromatic N) is 3. The summed E-state index contributed by atoms with van der Waals surface area (Å²) in [6.45, 7) is 2.87. The summed E-state index contributed by atoms with van der Waals surface area (Å²) < 4.78 is 6.88. The molecular formula is C16H19N3O3. The third-order valence-electron chi connectivity index (χ3n) is 3.87. The molecule has 6 nitrogen and oxygen atoms in total. The van der Waals surface area contributed by atoms with E-state index in [1.165, 1.54) is 0 Å². The van der Waals surface area contributed by atoms with Gasteiger partial charge in [0, 0.05) is 18.8 Å². The summed E-state index contributed by atoms with van der Waals surface area (Å²) in [4.78, 5) is 14.1. The number of carbonyl (C=O) groups is 1. The smallest absolute Gasteiger partial charge is 0.274 e. The van der Waals surface area contributed by atoms with Gasteiger partial charge in [-0.2, -0.15) is 5.10 Å². The van der Waals surface area contributed by atoms with Crippen LogP contribution in [0.25, 0.3) is 5.69 Å². The number of hydrogen-bond acceptors (Lipinski definition) is 4. The molecule has 0 spiro atoms. The second kappa shape index (κ2) is 5.81. The molecular weight excluding hydrogens is 282 g/mol. The van der Waals surface area contributed by atoms with Gasteiger partial charge in [-0.25, -0.2) is 4.68 Å². The maximum absolute atomic E-state index is 12.4. The fraction of sp³-hybridized carbons (Fsp3) is 0.375. The molecule has 3 rings (SSSR count). The van der Waals surface area contributed by atoms with E-state index in [2.05, 4.69) is 5.10 Å². The van der Waals surface area contributed by atoms with Gasteiger partial charge in [0.15, 0.2) is 5.69 Å². The van der Waals surface area contributed by atoms with Crippen LogP contribution in [0.3, 0.4) is 0 Å². The molecule has 116 valence electrons. The number of aromatic nitrogens is 2. The number of hydrogen-bond donors (Lipinski definition) is 1. The predicted octanol–water partition coefficient (Wildman–Crippen LogP) is 1.40. The molecule has 1 atom stereocenters. The molecule has 6 heteroatoms. The number of β-amino-alcohol motifs (C(OH)–C–C–N with tert-alkyl or cyclic N) is 1. The first-order valence-electron chi connectivity index (χ1n) is 7.27. The monoisotopic (exact) mass is 301 g/mol. The van der Waals surface area contributed by atoms with Gasteiger partial charge in [-0.1, -0.05) is 0 Å². The summed E-state index contributed by atoms with van der Waals surface area (Å²) in [6.07, 6.45) is 0.206. The minimum atomic E-state index is -0.422. The van der Waals surface area contributed by atoms with Gasteiger partial charge < -0.3 is 14.7 Å². The molecule has 1 aliphatic heterocycles. The van der Waals surface area contributed by atoms with Crippen molar-refractivity contribution in [1.29, 1.82) is 0 Å². The van der Waals surface area contributed by atoms with Crippen molar-refractivity contribution >= 4 is 5.91 Å². The largest absolute Gasteiger partial charge is 0.497 e. The molecule has 2 aromatic rings. The van der Waals surface area contributed by atoms with E-state index in [4.69, 9.17) is 4.74 Å². The van der Waals surface area contributed by atoms with Crippen LogP contribution in [0.5, 0.6) is 5.75 Å². The van der Waals surface area contributed by atoms with Crippen molar-refractivity contribution in [3.8, 4) is 11.4 Å². The number of ether oxygens (including phenoxy) is 1. The highest BCUT2D eigenvalue weighted by atomic mass is 16.5. The van der Waals surface area contributed by atoms with Crippen LogP contribution in [0.1, 0.15) is 22.6 Å².